The first-order chi connectivity index (χ1) is 9.11. The van der Waals surface area contributed by atoms with Crippen LogP contribution >= 0.6 is 15.9 Å². The summed E-state index contributed by atoms with van der Waals surface area (Å²) in [6.07, 6.45) is 1.77. The minimum atomic E-state index is -0.561. The molecule has 0 saturated carbocycles. The maximum Gasteiger partial charge on any atom is 0.145 e. The van der Waals surface area contributed by atoms with Crippen molar-refractivity contribution in [1.82, 2.24) is 5.32 Å². The number of rotatable bonds is 8. The lowest BCUT2D eigenvalue weighted by molar-refractivity contribution is 0.110. The Kier molecular flexibility index (Phi) is 7.49. The van der Waals surface area contributed by atoms with E-state index in [1.165, 1.54) is 12.1 Å². The summed E-state index contributed by atoms with van der Waals surface area (Å²) in [7, 11) is 0. The number of halogens is 3. The summed E-state index contributed by atoms with van der Waals surface area (Å²) >= 11 is 3.09. The molecule has 0 aromatic heterocycles. The normalized spacial score (nSPS) is 12.7. The van der Waals surface area contributed by atoms with Gasteiger partial charge in [0.05, 0.1) is 17.1 Å². The van der Waals surface area contributed by atoms with Gasteiger partial charge in [0.15, 0.2) is 0 Å². The summed E-state index contributed by atoms with van der Waals surface area (Å²) in [4.78, 5) is 0. The fourth-order valence-corrected chi connectivity index (χ4v) is 2.12. The van der Waals surface area contributed by atoms with E-state index in [2.05, 4.69) is 21.2 Å². The fourth-order valence-electron chi connectivity index (χ4n) is 1.77. The first kappa shape index (κ1) is 16.5. The Balaban J connectivity index is 2.92. The summed E-state index contributed by atoms with van der Waals surface area (Å²) in [6.45, 7) is 5.53. The SMILES string of the molecule is CCCNC(COCCC)c1c(F)ccc(Br)c1F. The average molecular weight is 336 g/mol. The zero-order valence-electron chi connectivity index (χ0n) is 11.3. The molecule has 1 N–H and O–H groups in total. The Labute approximate surface area is 121 Å². The Morgan fingerprint density at radius 1 is 1.26 bits per heavy atom. The maximum atomic E-state index is 14.1. The molecule has 1 rings (SSSR count). The molecule has 0 heterocycles. The third-order valence-corrected chi connectivity index (χ3v) is 3.31. The second-order valence-electron chi connectivity index (χ2n) is 4.34. The summed E-state index contributed by atoms with van der Waals surface area (Å²) in [5, 5.41) is 3.13. The van der Waals surface area contributed by atoms with Crippen LogP contribution in [-0.2, 0) is 4.74 Å². The van der Waals surface area contributed by atoms with Crippen molar-refractivity contribution < 1.29 is 13.5 Å². The topological polar surface area (TPSA) is 21.3 Å². The molecule has 0 spiro atoms. The molecule has 0 bridgehead atoms. The molecule has 19 heavy (non-hydrogen) atoms. The zero-order chi connectivity index (χ0) is 14.3. The zero-order valence-corrected chi connectivity index (χ0v) is 12.9. The van der Waals surface area contributed by atoms with Gasteiger partial charge in [0.2, 0.25) is 0 Å². The van der Waals surface area contributed by atoms with Crippen LogP contribution in [0.15, 0.2) is 16.6 Å². The van der Waals surface area contributed by atoms with Crippen LogP contribution in [0.25, 0.3) is 0 Å². The molecule has 0 saturated heterocycles. The van der Waals surface area contributed by atoms with Crippen LogP contribution in [0.5, 0.6) is 0 Å². The van der Waals surface area contributed by atoms with Crippen molar-refractivity contribution in [3.05, 3.63) is 33.8 Å². The highest BCUT2D eigenvalue weighted by Gasteiger charge is 2.21. The summed E-state index contributed by atoms with van der Waals surface area (Å²) < 4.78 is 33.6. The van der Waals surface area contributed by atoms with Gasteiger partial charge in [-0.15, -0.1) is 0 Å². The standard InChI is InChI=1S/C14H20BrF2NO/c1-3-7-18-12(9-19-8-4-2)13-11(16)6-5-10(15)14(13)17/h5-6,12,18H,3-4,7-9H2,1-2H3. The number of ether oxygens (including phenoxy) is 1. The lowest BCUT2D eigenvalue weighted by Crippen LogP contribution is -2.28. The first-order valence-electron chi connectivity index (χ1n) is 6.56. The molecule has 5 heteroatoms. The van der Waals surface area contributed by atoms with Gasteiger partial charge in [0.25, 0.3) is 0 Å². The van der Waals surface area contributed by atoms with Crippen molar-refractivity contribution in [2.75, 3.05) is 19.8 Å². The molecule has 0 fully saturated rings. The number of hydrogen-bond donors (Lipinski definition) is 1. The smallest absolute Gasteiger partial charge is 0.145 e. The van der Waals surface area contributed by atoms with Crippen molar-refractivity contribution in [2.24, 2.45) is 0 Å². The van der Waals surface area contributed by atoms with Crippen LogP contribution in [-0.4, -0.2) is 19.8 Å². The second-order valence-corrected chi connectivity index (χ2v) is 5.19. The number of benzene rings is 1. The highest BCUT2D eigenvalue weighted by molar-refractivity contribution is 9.10. The molecule has 1 aromatic carbocycles. The van der Waals surface area contributed by atoms with Gasteiger partial charge in [-0.3, -0.25) is 0 Å². The summed E-state index contributed by atoms with van der Waals surface area (Å²) in [6, 6.07) is 2.17. The van der Waals surface area contributed by atoms with Gasteiger partial charge in [-0.25, -0.2) is 8.78 Å². The third-order valence-electron chi connectivity index (χ3n) is 2.70. The van der Waals surface area contributed by atoms with Gasteiger partial charge in [-0.2, -0.15) is 0 Å². The van der Waals surface area contributed by atoms with E-state index in [0.29, 0.717) is 13.2 Å². The van der Waals surface area contributed by atoms with Crippen LogP contribution in [0.4, 0.5) is 8.78 Å². The third kappa shape index (κ3) is 4.82. The van der Waals surface area contributed by atoms with Crippen LogP contribution < -0.4 is 5.32 Å². The summed E-state index contributed by atoms with van der Waals surface area (Å²) in [5.74, 6) is -1.11. The molecule has 0 amide bonds. The Morgan fingerprint density at radius 2 is 2.00 bits per heavy atom. The lowest BCUT2D eigenvalue weighted by atomic mass is 10.1. The van der Waals surface area contributed by atoms with Crippen molar-refractivity contribution in [3.8, 4) is 0 Å². The molecule has 0 aliphatic carbocycles. The van der Waals surface area contributed by atoms with Crippen molar-refractivity contribution in [1.29, 1.82) is 0 Å². The second kappa shape index (κ2) is 8.61. The molecule has 108 valence electrons. The van der Waals surface area contributed by atoms with Crippen LogP contribution in [0.2, 0.25) is 0 Å². The molecule has 1 atom stereocenters. The maximum absolute atomic E-state index is 14.1. The molecule has 1 aromatic rings. The minimum absolute atomic E-state index is 0.0407. The van der Waals surface area contributed by atoms with Gasteiger partial charge >= 0.3 is 0 Å². The van der Waals surface area contributed by atoms with Crippen LogP contribution in [0.1, 0.15) is 38.3 Å². The molecule has 0 aliphatic heterocycles. The quantitative estimate of drug-likeness (QED) is 0.568. The molecule has 2 nitrogen and oxygen atoms in total. The van der Waals surface area contributed by atoms with Gasteiger partial charge in [0, 0.05) is 12.2 Å². The largest absolute Gasteiger partial charge is 0.379 e. The lowest BCUT2D eigenvalue weighted by Gasteiger charge is -2.20. The van der Waals surface area contributed by atoms with Gasteiger partial charge in [0.1, 0.15) is 11.6 Å². The van der Waals surface area contributed by atoms with Crippen LogP contribution in [0, 0.1) is 11.6 Å². The highest BCUT2D eigenvalue weighted by Crippen LogP contribution is 2.27. The minimum Gasteiger partial charge on any atom is -0.379 e. The van der Waals surface area contributed by atoms with E-state index < -0.39 is 17.7 Å². The number of hydrogen-bond acceptors (Lipinski definition) is 2. The van der Waals surface area contributed by atoms with E-state index in [4.69, 9.17) is 4.74 Å². The van der Waals surface area contributed by atoms with E-state index in [-0.39, 0.29) is 16.6 Å². The van der Waals surface area contributed by atoms with E-state index in [0.717, 1.165) is 12.8 Å². The molecule has 0 radical (unpaired) electrons. The predicted octanol–water partition coefficient (Wildman–Crippen LogP) is 4.19. The molecule has 0 aliphatic rings. The van der Waals surface area contributed by atoms with E-state index >= 15 is 0 Å². The Morgan fingerprint density at radius 3 is 2.63 bits per heavy atom. The molecule has 1 unspecified atom stereocenters. The summed E-state index contributed by atoms with van der Waals surface area (Å²) in [5.41, 5.74) is 0.0407. The van der Waals surface area contributed by atoms with Crippen molar-refractivity contribution in [2.45, 2.75) is 32.7 Å². The Bertz CT molecular complexity index is 401. The van der Waals surface area contributed by atoms with Crippen molar-refractivity contribution >= 4 is 15.9 Å². The highest BCUT2D eigenvalue weighted by atomic mass is 79.9. The van der Waals surface area contributed by atoms with E-state index in [9.17, 15) is 8.78 Å². The monoisotopic (exact) mass is 335 g/mol. The molecular formula is C14H20BrF2NO. The van der Waals surface area contributed by atoms with Gasteiger partial charge < -0.3 is 10.1 Å². The van der Waals surface area contributed by atoms with Gasteiger partial charge in [-0.05, 0) is 47.4 Å². The first-order valence-corrected chi connectivity index (χ1v) is 7.35. The Hall–Kier alpha value is -0.520. The number of nitrogens with one attached hydrogen (secondary N) is 1. The van der Waals surface area contributed by atoms with Crippen molar-refractivity contribution in [3.63, 3.8) is 0 Å². The van der Waals surface area contributed by atoms with E-state index in [1.807, 2.05) is 13.8 Å². The molecular weight excluding hydrogens is 316 g/mol. The predicted molar refractivity (Wildman–Crippen MR) is 76.2 cm³/mol. The fraction of sp³-hybridized carbons (Fsp3) is 0.571. The average Bonchev–Trinajstić information content (AvgIpc) is 2.40. The van der Waals surface area contributed by atoms with Gasteiger partial charge in [-0.1, -0.05) is 13.8 Å². The van der Waals surface area contributed by atoms with E-state index in [1.54, 1.807) is 0 Å². The van der Waals surface area contributed by atoms with Crippen LogP contribution in [0.3, 0.4) is 0 Å².